The number of nitrogens with one attached hydrogen (secondary N) is 1. The van der Waals surface area contributed by atoms with Crippen LogP contribution in [-0.4, -0.2) is 26.2 Å². The van der Waals surface area contributed by atoms with E-state index in [1.165, 1.54) is 13.5 Å². The van der Waals surface area contributed by atoms with Crippen molar-refractivity contribution in [3.63, 3.8) is 0 Å². The van der Waals surface area contributed by atoms with E-state index in [9.17, 15) is 4.79 Å². The maximum atomic E-state index is 11.5. The van der Waals surface area contributed by atoms with Crippen LogP contribution in [0.2, 0.25) is 0 Å². The minimum atomic E-state index is -0.309. The Kier molecular flexibility index (Phi) is 5.62. The minimum Gasteiger partial charge on any atom is -0.496 e. The molecule has 1 aromatic rings. The molecule has 1 aliphatic rings. The zero-order valence-electron chi connectivity index (χ0n) is 15.4. The van der Waals surface area contributed by atoms with Crippen LogP contribution in [0.4, 0.5) is 11.4 Å². The van der Waals surface area contributed by atoms with Crippen molar-refractivity contribution >= 4 is 17.3 Å². The largest absolute Gasteiger partial charge is 0.496 e. The highest BCUT2D eigenvalue weighted by molar-refractivity contribution is 5.77. The Balaban J connectivity index is 2.20. The molecule has 1 aromatic carbocycles. The van der Waals surface area contributed by atoms with Gasteiger partial charge >= 0.3 is 5.97 Å². The molecule has 3 N–H and O–H groups in total. The van der Waals surface area contributed by atoms with E-state index in [-0.39, 0.29) is 12.4 Å². The maximum absolute atomic E-state index is 11.5. The van der Waals surface area contributed by atoms with Gasteiger partial charge in [-0.25, -0.2) is 0 Å². The number of hydrogen-bond acceptors (Lipinski definition) is 5. The molecule has 2 atom stereocenters. The van der Waals surface area contributed by atoms with Crippen molar-refractivity contribution in [1.29, 1.82) is 0 Å². The number of benzene rings is 1. The summed E-state index contributed by atoms with van der Waals surface area (Å²) >= 11 is 0. The lowest BCUT2D eigenvalue weighted by Gasteiger charge is -2.39. The maximum Gasteiger partial charge on any atom is 0.310 e. The van der Waals surface area contributed by atoms with Gasteiger partial charge in [0.25, 0.3) is 0 Å². The number of carbonyl (C=O) groups is 1. The van der Waals surface area contributed by atoms with Crippen molar-refractivity contribution in [2.75, 3.05) is 25.3 Å². The van der Waals surface area contributed by atoms with Gasteiger partial charge in [-0.05, 0) is 36.7 Å². The molecule has 1 aliphatic carbocycles. The van der Waals surface area contributed by atoms with Crippen LogP contribution in [0.1, 0.15) is 45.6 Å². The van der Waals surface area contributed by atoms with Gasteiger partial charge in [0.15, 0.2) is 0 Å². The monoisotopic (exact) mass is 334 g/mol. The van der Waals surface area contributed by atoms with Crippen LogP contribution in [-0.2, 0) is 16.0 Å². The number of nitrogens with two attached hydrogens (primary N) is 1. The normalized spacial score (nSPS) is 22.7. The highest BCUT2D eigenvalue weighted by Gasteiger charge is 2.32. The lowest BCUT2D eigenvalue weighted by Crippen LogP contribution is -2.35. The topological polar surface area (TPSA) is 73.6 Å². The van der Waals surface area contributed by atoms with Crippen molar-refractivity contribution in [3.8, 4) is 5.75 Å². The Morgan fingerprint density at radius 2 is 2.04 bits per heavy atom. The molecular formula is C19H30N2O3. The lowest BCUT2D eigenvalue weighted by atomic mass is 9.70. The first kappa shape index (κ1) is 18.4. The molecule has 0 saturated heterocycles. The molecule has 0 amide bonds. The predicted octanol–water partition coefficient (Wildman–Crippen LogP) is 3.62. The minimum absolute atomic E-state index is 0.150. The van der Waals surface area contributed by atoms with Crippen molar-refractivity contribution in [3.05, 3.63) is 17.7 Å². The van der Waals surface area contributed by atoms with Crippen molar-refractivity contribution in [2.45, 2.75) is 52.5 Å². The molecule has 0 radical (unpaired) electrons. The first-order chi connectivity index (χ1) is 11.2. The molecule has 24 heavy (non-hydrogen) atoms. The second kappa shape index (κ2) is 7.32. The summed E-state index contributed by atoms with van der Waals surface area (Å²) in [6.07, 6.45) is 3.65. The van der Waals surface area contributed by atoms with Gasteiger partial charge in [-0.15, -0.1) is 0 Å². The molecule has 2 rings (SSSR count). The Morgan fingerprint density at radius 3 is 2.62 bits per heavy atom. The number of rotatable bonds is 5. The summed E-state index contributed by atoms with van der Waals surface area (Å²) in [5.41, 5.74) is 8.79. The number of esters is 1. The van der Waals surface area contributed by atoms with Gasteiger partial charge in [0, 0.05) is 17.7 Å². The SMILES string of the molecule is COC(=O)Cc1cc(N)c(N[C@@H]2CC(C)CC(C)(C)C2)cc1OC. The fraction of sp³-hybridized carbons (Fsp3) is 0.632. The zero-order valence-corrected chi connectivity index (χ0v) is 15.4. The molecule has 0 spiro atoms. The Hall–Kier alpha value is -1.91. The first-order valence-corrected chi connectivity index (χ1v) is 8.54. The van der Waals surface area contributed by atoms with E-state index >= 15 is 0 Å². The highest BCUT2D eigenvalue weighted by Crippen LogP contribution is 2.40. The molecule has 0 aliphatic heterocycles. The third-order valence-electron chi connectivity index (χ3n) is 4.76. The van der Waals surface area contributed by atoms with Gasteiger partial charge in [-0.1, -0.05) is 20.8 Å². The fourth-order valence-corrected chi connectivity index (χ4v) is 4.00. The molecule has 1 saturated carbocycles. The number of anilines is 2. The third kappa shape index (κ3) is 4.56. The van der Waals surface area contributed by atoms with Crippen LogP contribution >= 0.6 is 0 Å². The second-order valence-corrected chi connectivity index (χ2v) is 7.76. The van der Waals surface area contributed by atoms with Gasteiger partial charge in [0.2, 0.25) is 0 Å². The molecule has 0 heterocycles. The molecule has 5 heteroatoms. The van der Waals surface area contributed by atoms with Crippen LogP contribution in [0.15, 0.2) is 12.1 Å². The number of carbonyl (C=O) groups excluding carboxylic acids is 1. The van der Waals surface area contributed by atoms with Crippen molar-refractivity contribution < 1.29 is 14.3 Å². The summed E-state index contributed by atoms with van der Waals surface area (Å²) in [6.45, 7) is 6.94. The summed E-state index contributed by atoms with van der Waals surface area (Å²) in [5.74, 6) is 1.03. The van der Waals surface area contributed by atoms with Crippen molar-refractivity contribution in [1.82, 2.24) is 0 Å². The quantitative estimate of drug-likeness (QED) is 0.635. The van der Waals surface area contributed by atoms with Crippen LogP contribution in [0.5, 0.6) is 5.75 Å². The van der Waals surface area contributed by atoms with E-state index in [0.717, 1.165) is 24.1 Å². The first-order valence-electron chi connectivity index (χ1n) is 8.54. The number of ether oxygens (including phenoxy) is 2. The van der Waals surface area contributed by atoms with Crippen LogP contribution < -0.4 is 15.8 Å². The highest BCUT2D eigenvalue weighted by atomic mass is 16.5. The zero-order chi connectivity index (χ0) is 17.9. The van der Waals surface area contributed by atoms with Crippen molar-refractivity contribution in [2.24, 2.45) is 11.3 Å². The van der Waals surface area contributed by atoms with E-state index in [4.69, 9.17) is 15.2 Å². The Bertz CT molecular complexity index is 599. The third-order valence-corrected chi connectivity index (χ3v) is 4.76. The van der Waals surface area contributed by atoms with Gasteiger partial charge < -0.3 is 20.5 Å². The molecule has 5 nitrogen and oxygen atoms in total. The molecule has 134 valence electrons. The molecule has 1 fully saturated rings. The second-order valence-electron chi connectivity index (χ2n) is 7.76. The average molecular weight is 334 g/mol. The predicted molar refractivity (Wildman–Crippen MR) is 97.3 cm³/mol. The molecule has 0 aromatic heterocycles. The van der Waals surface area contributed by atoms with Gasteiger partial charge in [0.1, 0.15) is 5.75 Å². The summed E-state index contributed by atoms with van der Waals surface area (Å²) in [7, 11) is 2.97. The summed E-state index contributed by atoms with van der Waals surface area (Å²) in [4.78, 5) is 11.5. The van der Waals surface area contributed by atoms with E-state index in [1.54, 1.807) is 13.2 Å². The van der Waals surface area contributed by atoms with Crippen LogP contribution in [0, 0.1) is 11.3 Å². The van der Waals surface area contributed by atoms with Gasteiger partial charge in [0.05, 0.1) is 32.0 Å². The van der Waals surface area contributed by atoms with E-state index in [0.29, 0.717) is 28.8 Å². The average Bonchev–Trinajstić information content (AvgIpc) is 2.47. The summed E-state index contributed by atoms with van der Waals surface area (Å²) in [6, 6.07) is 4.08. The van der Waals surface area contributed by atoms with Crippen LogP contribution in [0.3, 0.4) is 0 Å². The number of hydrogen-bond donors (Lipinski definition) is 2. The standard InChI is InChI=1S/C19H30N2O3/c1-12-6-14(11-19(2,3)10-12)21-16-9-17(23-4)13(7-15(16)20)8-18(22)24-5/h7,9,12,14,21H,6,8,10-11,20H2,1-5H3/t12?,14-/m1/s1. The number of methoxy groups -OCH3 is 2. The van der Waals surface area contributed by atoms with E-state index < -0.39 is 0 Å². The van der Waals surface area contributed by atoms with Gasteiger partial charge in [-0.3, -0.25) is 4.79 Å². The Morgan fingerprint density at radius 1 is 1.33 bits per heavy atom. The molecular weight excluding hydrogens is 304 g/mol. The van der Waals surface area contributed by atoms with E-state index in [2.05, 4.69) is 26.1 Å². The van der Waals surface area contributed by atoms with E-state index in [1.807, 2.05) is 6.07 Å². The molecule has 1 unspecified atom stereocenters. The summed E-state index contributed by atoms with van der Waals surface area (Å²) < 4.78 is 10.2. The van der Waals surface area contributed by atoms with Gasteiger partial charge in [-0.2, -0.15) is 0 Å². The fourth-order valence-electron chi connectivity index (χ4n) is 4.00. The lowest BCUT2D eigenvalue weighted by molar-refractivity contribution is -0.139. The molecule has 0 bridgehead atoms. The van der Waals surface area contributed by atoms with Crippen LogP contribution in [0.25, 0.3) is 0 Å². The summed E-state index contributed by atoms with van der Waals surface area (Å²) in [5, 5.41) is 3.58. The Labute approximate surface area is 144 Å². The smallest absolute Gasteiger partial charge is 0.310 e. The number of nitrogen functional groups attached to an aromatic ring is 1.